The highest BCUT2D eigenvalue weighted by Gasteiger charge is 2.10. The Labute approximate surface area is 180 Å². The molecule has 31 heavy (non-hydrogen) atoms. The fourth-order valence-electron chi connectivity index (χ4n) is 2.92. The average Bonchev–Trinajstić information content (AvgIpc) is 2.82. The second-order valence-corrected chi connectivity index (χ2v) is 6.88. The lowest BCUT2D eigenvalue weighted by Crippen LogP contribution is -2.04. The van der Waals surface area contributed by atoms with Gasteiger partial charge in [0.1, 0.15) is 19.0 Å². The molecule has 4 rings (SSSR count). The summed E-state index contributed by atoms with van der Waals surface area (Å²) in [4.78, 5) is 0. The quantitative estimate of drug-likeness (QED) is 0.359. The number of nitrogens with zero attached hydrogens (tertiary/aromatic N) is 2. The molecule has 0 aliphatic heterocycles. The van der Waals surface area contributed by atoms with E-state index in [0.717, 1.165) is 16.7 Å². The Balaban J connectivity index is 1.54. The average molecular weight is 412 g/mol. The summed E-state index contributed by atoms with van der Waals surface area (Å²) in [5, 5.41) is 8.42. The monoisotopic (exact) mass is 412 g/mol. The summed E-state index contributed by atoms with van der Waals surface area (Å²) in [6, 6.07) is 27.8. The van der Waals surface area contributed by atoms with E-state index >= 15 is 0 Å². The highest BCUT2D eigenvalue weighted by Crippen LogP contribution is 2.27. The third-order valence-electron chi connectivity index (χ3n) is 4.50. The molecule has 4 nitrogen and oxygen atoms in total. The van der Waals surface area contributed by atoms with Crippen LogP contribution in [0.15, 0.2) is 91.0 Å². The summed E-state index contributed by atoms with van der Waals surface area (Å²) in [5.41, 5.74) is 3.37. The van der Waals surface area contributed by atoms with E-state index in [9.17, 15) is 4.39 Å². The molecule has 0 amide bonds. The van der Waals surface area contributed by atoms with E-state index in [4.69, 9.17) is 9.47 Å². The molecule has 0 N–H and O–H groups in total. The second-order valence-electron chi connectivity index (χ2n) is 6.88. The van der Waals surface area contributed by atoms with Gasteiger partial charge in [0.25, 0.3) is 5.88 Å². The van der Waals surface area contributed by atoms with E-state index in [1.165, 1.54) is 12.1 Å². The summed E-state index contributed by atoms with van der Waals surface area (Å²) in [6.45, 7) is 0.733. The van der Waals surface area contributed by atoms with E-state index in [-0.39, 0.29) is 5.82 Å². The molecule has 0 fully saturated rings. The predicted octanol–water partition coefficient (Wildman–Crippen LogP) is 5.94. The zero-order valence-electron chi connectivity index (χ0n) is 16.8. The van der Waals surface area contributed by atoms with Crippen LogP contribution in [0.3, 0.4) is 0 Å². The number of benzene rings is 3. The van der Waals surface area contributed by atoms with Crippen molar-refractivity contribution in [1.82, 2.24) is 10.2 Å². The van der Waals surface area contributed by atoms with Crippen LogP contribution in [0.25, 0.3) is 12.2 Å². The number of aromatic nitrogens is 2. The van der Waals surface area contributed by atoms with Gasteiger partial charge in [-0.1, -0.05) is 78.9 Å². The van der Waals surface area contributed by atoms with Crippen LogP contribution in [0, 0.1) is 5.82 Å². The van der Waals surface area contributed by atoms with Gasteiger partial charge in [-0.15, -0.1) is 10.2 Å². The highest BCUT2D eigenvalue weighted by atomic mass is 19.1. The number of hydrogen-bond acceptors (Lipinski definition) is 4. The Morgan fingerprint density at radius 3 is 2.03 bits per heavy atom. The van der Waals surface area contributed by atoms with Crippen molar-refractivity contribution in [2.45, 2.75) is 13.2 Å². The molecule has 5 heteroatoms. The minimum atomic E-state index is -0.287. The van der Waals surface area contributed by atoms with Crippen molar-refractivity contribution in [3.63, 3.8) is 0 Å². The van der Waals surface area contributed by atoms with Gasteiger partial charge >= 0.3 is 0 Å². The van der Waals surface area contributed by atoms with Crippen molar-refractivity contribution in [1.29, 1.82) is 0 Å². The van der Waals surface area contributed by atoms with E-state index < -0.39 is 0 Å². The maximum Gasteiger partial charge on any atom is 0.276 e. The molecule has 154 valence electrons. The molecule has 0 radical (unpaired) electrons. The topological polar surface area (TPSA) is 44.2 Å². The Morgan fingerprint density at radius 1 is 0.677 bits per heavy atom. The molecule has 0 spiro atoms. The first-order chi connectivity index (χ1) is 15.3. The molecule has 0 saturated carbocycles. The molecular weight excluding hydrogens is 391 g/mol. The largest absolute Gasteiger partial charge is 0.483 e. The lowest BCUT2D eigenvalue weighted by molar-refractivity contribution is 0.244. The predicted molar refractivity (Wildman–Crippen MR) is 119 cm³/mol. The van der Waals surface area contributed by atoms with Crippen LogP contribution in [-0.4, -0.2) is 10.2 Å². The SMILES string of the molecule is Fc1cccc(C=Cc2cc(OCc3ccccc3)c(OCc3ccccc3)nn2)c1. The van der Waals surface area contributed by atoms with Crippen molar-refractivity contribution in [3.05, 3.63) is 119 Å². The Bertz CT molecular complexity index is 1150. The van der Waals surface area contributed by atoms with Crippen LogP contribution in [0.4, 0.5) is 4.39 Å². The second kappa shape index (κ2) is 10.2. The number of halogens is 1. The lowest BCUT2D eigenvalue weighted by Gasteiger charge is -2.12. The van der Waals surface area contributed by atoms with Gasteiger partial charge < -0.3 is 9.47 Å². The Hall–Kier alpha value is -3.99. The van der Waals surface area contributed by atoms with Crippen molar-refractivity contribution in [2.24, 2.45) is 0 Å². The van der Waals surface area contributed by atoms with Crippen LogP contribution in [0.2, 0.25) is 0 Å². The van der Waals surface area contributed by atoms with Crippen LogP contribution < -0.4 is 9.47 Å². The molecule has 0 aliphatic carbocycles. The first kappa shape index (κ1) is 20.3. The van der Waals surface area contributed by atoms with Gasteiger partial charge in [-0.3, -0.25) is 0 Å². The standard InChI is InChI=1S/C26H21FN2O2/c27-23-13-7-12-20(16-23)14-15-24-17-25(30-18-21-8-3-1-4-9-21)26(29-28-24)31-19-22-10-5-2-6-11-22/h1-17H,18-19H2. The fraction of sp³-hybridized carbons (Fsp3) is 0.0769. The van der Waals surface area contributed by atoms with Gasteiger partial charge in [0.05, 0.1) is 5.69 Å². The maximum atomic E-state index is 13.4. The van der Waals surface area contributed by atoms with Gasteiger partial charge in [-0.25, -0.2) is 4.39 Å². The van der Waals surface area contributed by atoms with Gasteiger partial charge in [-0.2, -0.15) is 0 Å². The summed E-state index contributed by atoms with van der Waals surface area (Å²) >= 11 is 0. The summed E-state index contributed by atoms with van der Waals surface area (Å²) in [7, 11) is 0. The lowest BCUT2D eigenvalue weighted by atomic mass is 10.2. The van der Waals surface area contributed by atoms with Crippen LogP contribution in [-0.2, 0) is 13.2 Å². The summed E-state index contributed by atoms with van der Waals surface area (Å²) in [6.07, 6.45) is 3.54. The minimum absolute atomic E-state index is 0.287. The molecule has 0 atom stereocenters. The van der Waals surface area contributed by atoms with Gasteiger partial charge in [0.2, 0.25) is 0 Å². The molecule has 1 aromatic heterocycles. The highest BCUT2D eigenvalue weighted by molar-refractivity contribution is 5.68. The molecule has 0 unspecified atom stereocenters. The third kappa shape index (κ3) is 6.00. The Kier molecular flexibility index (Phi) is 6.65. The third-order valence-corrected chi connectivity index (χ3v) is 4.50. The molecule has 0 bridgehead atoms. The minimum Gasteiger partial charge on any atom is -0.483 e. The maximum absolute atomic E-state index is 13.4. The van der Waals surface area contributed by atoms with Crippen LogP contribution in [0.5, 0.6) is 11.6 Å². The van der Waals surface area contributed by atoms with Gasteiger partial charge in [0.15, 0.2) is 5.75 Å². The van der Waals surface area contributed by atoms with E-state index in [1.54, 1.807) is 24.3 Å². The smallest absolute Gasteiger partial charge is 0.276 e. The van der Waals surface area contributed by atoms with Crippen LogP contribution >= 0.6 is 0 Å². The van der Waals surface area contributed by atoms with Gasteiger partial charge in [0, 0.05) is 6.07 Å². The van der Waals surface area contributed by atoms with Gasteiger partial charge in [-0.05, 0) is 34.9 Å². The molecule has 0 saturated heterocycles. The van der Waals surface area contributed by atoms with Crippen molar-refractivity contribution in [2.75, 3.05) is 0 Å². The van der Waals surface area contributed by atoms with Crippen molar-refractivity contribution >= 4 is 12.2 Å². The molecule has 1 heterocycles. The van der Waals surface area contributed by atoms with Crippen molar-refractivity contribution in [3.8, 4) is 11.6 Å². The molecule has 0 aliphatic rings. The van der Waals surface area contributed by atoms with E-state index in [1.807, 2.05) is 66.7 Å². The number of ether oxygens (including phenoxy) is 2. The zero-order chi connectivity index (χ0) is 21.3. The van der Waals surface area contributed by atoms with Crippen LogP contribution in [0.1, 0.15) is 22.4 Å². The molecular formula is C26H21FN2O2. The van der Waals surface area contributed by atoms with E-state index in [2.05, 4.69) is 10.2 Å². The molecule has 3 aromatic carbocycles. The Morgan fingerprint density at radius 2 is 1.35 bits per heavy atom. The number of hydrogen-bond donors (Lipinski definition) is 0. The van der Waals surface area contributed by atoms with Crippen molar-refractivity contribution < 1.29 is 13.9 Å². The number of rotatable bonds is 8. The summed E-state index contributed by atoms with van der Waals surface area (Å²) in [5.74, 6) is 0.529. The van der Waals surface area contributed by atoms with E-state index in [0.29, 0.717) is 30.5 Å². The molecule has 4 aromatic rings. The zero-order valence-corrected chi connectivity index (χ0v) is 16.8. The first-order valence-electron chi connectivity index (χ1n) is 9.91. The fourth-order valence-corrected chi connectivity index (χ4v) is 2.92. The normalized spacial score (nSPS) is 10.9. The first-order valence-corrected chi connectivity index (χ1v) is 9.91. The summed E-state index contributed by atoms with van der Waals surface area (Å²) < 4.78 is 25.3.